The fourth-order valence-electron chi connectivity index (χ4n) is 3.42. The van der Waals surface area contributed by atoms with Gasteiger partial charge >= 0.3 is 6.03 Å². The highest BCUT2D eigenvalue weighted by molar-refractivity contribution is 7.09. The third kappa shape index (κ3) is 4.03. The van der Waals surface area contributed by atoms with Gasteiger partial charge in [-0.25, -0.2) is 4.79 Å². The molecule has 1 aliphatic heterocycles. The number of anilines is 1. The number of fused-ring (bicyclic) bond motifs is 1. The first-order chi connectivity index (χ1) is 12.3. The lowest BCUT2D eigenvalue weighted by atomic mass is 10.1. The SMILES string of the molecule is O=C(Nc1ccc2[nH]ccc2c1)N[C@@H]1CCCN(Cc2cccs2)C1. The summed E-state index contributed by atoms with van der Waals surface area (Å²) >= 11 is 1.79. The minimum atomic E-state index is -0.127. The zero-order valence-electron chi connectivity index (χ0n) is 14.0. The van der Waals surface area contributed by atoms with E-state index < -0.39 is 0 Å². The van der Waals surface area contributed by atoms with E-state index in [0.717, 1.165) is 49.1 Å². The van der Waals surface area contributed by atoms with Crippen molar-refractivity contribution >= 4 is 34.0 Å². The molecule has 2 amide bonds. The number of piperidine rings is 1. The van der Waals surface area contributed by atoms with E-state index in [1.165, 1.54) is 4.88 Å². The molecule has 6 heteroatoms. The van der Waals surface area contributed by atoms with Gasteiger partial charge in [0.1, 0.15) is 0 Å². The molecule has 1 fully saturated rings. The van der Waals surface area contributed by atoms with E-state index in [2.05, 4.69) is 38.0 Å². The quantitative estimate of drug-likeness (QED) is 0.663. The number of nitrogens with one attached hydrogen (secondary N) is 3. The van der Waals surface area contributed by atoms with Crippen molar-refractivity contribution in [3.8, 4) is 0 Å². The van der Waals surface area contributed by atoms with Gasteiger partial charge in [-0.3, -0.25) is 4.90 Å². The summed E-state index contributed by atoms with van der Waals surface area (Å²) in [6.45, 7) is 2.98. The summed E-state index contributed by atoms with van der Waals surface area (Å²) in [6.07, 6.45) is 4.05. The molecule has 1 atom stereocenters. The predicted octanol–water partition coefficient (Wildman–Crippen LogP) is 4.02. The molecule has 3 heterocycles. The first-order valence-corrected chi connectivity index (χ1v) is 9.54. The number of hydrogen-bond donors (Lipinski definition) is 3. The maximum Gasteiger partial charge on any atom is 0.319 e. The Morgan fingerprint density at radius 3 is 3.16 bits per heavy atom. The number of aromatic nitrogens is 1. The van der Waals surface area contributed by atoms with Crippen molar-refractivity contribution in [3.05, 3.63) is 52.9 Å². The number of nitrogens with zero attached hydrogens (tertiary/aromatic N) is 1. The Labute approximate surface area is 151 Å². The van der Waals surface area contributed by atoms with Gasteiger partial charge < -0.3 is 15.6 Å². The van der Waals surface area contributed by atoms with E-state index >= 15 is 0 Å². The second-order valence-corrected chi connectivity index (χ2v) is 7.56. The maximum absolute atomic E-state index is 12.3. The normalized spacial score (nSPS) is 18.3. The number of likely N-dealkylation sites (tertiary alicyclic amines) is 1. The first kappa shape index (κ1) is 16.2. The molecular formula is C19H22N4OS. The van der Waals surface area contributed by atoms with Crippen molar-refractivity contribution < 1.29 is 4.79 Å². The first-order valence-electron chi connectivity index (χ1n) is 8.66. The molecule has 0 radical (unpaired) electrons. The number of benzene rings is 1. The van der Waals surface area contributed by atoms with E-state index in [9.17, 15) is 4.79 Å². The van der Waals surface area contributed by atoms with Crippen LogP contribution in [0.5, 0.6) is 0 Å². The number of rotatable bonds is 4. The molecule has 5 nitrogen and oxygen atoms in total. The van der Waals surface area contributed by atoms with Crippen LogP contribution >= 0.6 is 11.3 Å². The minimum absolute atomic E-state index is 0.127. The average Bonchev–Trinajstić information content (AvgIpc) is 3.26. The molecule has 0 saturated carbocycles. The Bertz CT molecular complexity index is 842. The van der Waals surface area contributed by atoms with Crippen LogP contribution in [0.3, 0.4) is 0 Å². The van der Waals surface area contributed by atoms with Crippen molar-refractivity contribution in [1.82, 2.24) is 15.2 Å². The number of urea groups is 1. The molecule has 1 saturated heterocycles. The minimum Gasteiger partial charge on any atom is -0.361 e. The van der Waals surface area contributed by atoms with Crippen LogP contribution in [0, 0.1) is 0 Å². The summed E-state index contributed by atoms with van der Waals surface area (Å²) in [4.78, 5) is 19.3. The van der Waals surface area contributed by atoms with Gasteiger partial charge in [0.2, 0.25) is 0 Å². The topological polar surface area (TPSA) is 60.2 Å². The number of carbonyl (C=O) groups excluding carboxylic acids is 1. The molecule has 3 aromatic rings. The highest BCUT2D eigenvalue weighted by Gasteiger charge is 2.21. The number of amides is 2. The van der Waals surface area contributed by atoms with Crippen molar-refractivity contribution in [2.45, 2.75) is 25.4 Å². The monoisotopic (exact) mass is 354 g/mol. The summed E-state index contributed by atoms with van der Waals surface area (Å²) in [5.41, 5.74) is 1.89. The van der Waals surface area contributed by atoms with Gasteiger partial charge in [-0.05, 0) is 55.1 Å². The third-order valence-electron chi connectivity index (χ3n) is 4.61. The van der Waals surface area contributed by atoms with Crippen LogP contribution in [0.1, 0.15) is 17.7 Å². The van der Waals surface area contributed by atoms with E-state index in [1.54, 1.807) is 11.3 Å². The lowest BCUT2D eigenvalue weighted by Gasteiger charge is -2.32. The van der Waals surface area contributed by atoms with Gasteiger partial charge in [0.25, 0.3) is 0 Å². The van der Waals surface area contributed by atoms with E-state index in [4.69, 9.17) is 0 Å². The molecule has 2 aromatic heterocycles. The molecule has 0 spiro atoms. The number of carbonyl (C=O) groups is 1. The highest BCUT2D eigenvalue weighted by atomic mass is 32.1. The van der Waals surface area contributed by atoms with Gasteiger partial charge in [-0.2, -0.15) is 0 Å². The van der Waals surface area contributed by atoms with Crippen LogP contribution in [0.4, 0.5) is 10.5 Å². The summed E-state index contributed by atoms with van der Waals surface area (Å²) < 4.78 is 0. The Kier molecular flexibility index (Phi) is 4.72. The Morgan fingerprint density at radius 2 is 2.28 bits per heavy atom. The maximum atomic E-state index is 12.3. The molecule has 0 bridgehead atoms. The zero-order valence-corrected chi connectivity index (χ0v) is 14.8. The van der Waals surface area contributed by atoms with Crippen LogP contribution in [0.2, 0.25) is 0 Å². The summed E-state index contributed by atoms with van der Waals surface area (Å²) in [5, 5.41) is 9.28. The van der Waals surface area contributed by atoms with Gasteiger partial charge in [-0.15, -0.1) is 11.3 Å². The molecular weight excluding hydrogens is 332 g/mol. The van der Waals surface area contributed by atoms with Crippen molar-refractivity contribution in [2.24, 2.45) is 0 Å². The van der Waals surface area contributed by atoms with Crippen molar-refractivity contribution in [3.63, 3.8) is 0 Å². The van der Waals surface area contributed by atoms with Crippen LogP contribution in [-0.2, 0) is 6.54 Å². The Hall–Kier alpha value is -2.31. The summed E-state index contributed by atoms with van der Waals surface area (Å²) in [6, 6.07) is 12.2. The fraction of sp³-hybridized carbons (Fsp3) is 0.316. The fourth-order valence-corrected chi connectivity index (χ4v) is 4.17. The molecule has 0 aliphatic carbocycles. The second kappa shape index (κ2) is 7.29. The van der Waals surface area contributed by atoms with Crippen LogP contribution in [0.15, 0.2) is 48.0 Å². The number of H-pyrrole nitrogens is 1. The third-order valence-corrected chi connectivity index (χ3v) is 5.47. The van der Waals surface area contributed by atoms with E-state index in [0.29, 0.717) is 0 Å². The molecule has 25 heavy (non-hydrogen) atoms. The van der Waals surface area contributed by atoms with Gasteiger partial charge in [0.05, 0.1) is 0 Å². The van der Waals surface area contributed by atoms with Gasteiger partial charge in [0, 0.05) is 46.8 Å². The van der Waals surface area contributed by atoms with Gasteiger partial charge in [0.15, 0.2) is 0 Å². The molecule has 1 aromatic carbocycles. The standard InChI is InChI=1S/C19H22N4OS/c24-19(21-15-5-6-18-14(11-15)7-8-20-18)22-16-3-1-9-23(12-16)13-17-4-2-10-25-17/h2,4-8,10-11,16,20H,1,3,9,12-13H2,(H2,21,22,24)/t16-/m1/s1. The molecule has 1 aliphatic rings. The average molecular weight is 354 g/mol. The van der Waals surface area contributed by atoms with E-state index in [-0.39, 0.29) is 12.1 Å². The Morgan fingerprint density at radius 1 is 1.32 bits per heavy atom. The van der Waals surface area contributed by atoms with E-state index in [1.807, 2.05) is 30.5 Å². The molecule has 0 unspecified atom stereocenters. The van der Waals surface area contributed by atoms with Gasteiger partial charge in [-0.1, -0.05) is 6.07 Å². The van der Waals surface area contributed by atoms with Crippen LogP contribution in [-0.4, -0.2) is 35.0 Å². The second-order valence-electron chi connectivity index (χ2n) is 6.53. The van der Waals surface area contributed by atoms with Crippen LogP contribution in [0.25, 0.3) is 10.9 Å². The number of hydrogen-bond acceptors (Lipinski definition) is 3. The molecule has 130 valence electrons. The summed E-state index contributed by atoms with van der Waals surface area (Å²) in [5.74, 6) is 0. The lowest BCUT2D eigenvalue weighted by Crippen LogP contribution is -2.48. The molecule has 3 N–H and O–H groups in total. The van der Waals surface area contributed by atoms with Crippen molar-refractivity contribution in [1.29, 1.82) is 0 Å². The lowest BCUT2D eigenvalue weighted by molar-refractivity contribution is 0.184. The highest BCUT2D eigenvalue weighted by Crippen LogP contribution is 2.19. The van der Waals surface area contributed by atoms with Crippen LogP contribution < -0.4 is 10.6 Å². The molecule has 4 rings (SSSR count). The number of aromatic amines is 1. The predicted molar refractivity (Wildman–Crippen MR) is 103 cm³/mol. The zero-order chi connectivity index (χ0) is 17.1. The largest absolute Gasteiger partial charge is 0.361 e. The smallest absolute Gasteiger partial charge is 0.319 e. The van der Waals surface area contributed by atoms with Crippen molar-refractivity contribution in [2.75, 3.05) is 18.4 Å². The summed E-state index contributed by atoms with van der Waals surface area (Å²) in [7, 11) is 0. The number of thiophene rings is 1. The Balaban J connectivity index is 1.32.